The maximum Gasteiger partial charge on any atom is 0.416 e. The molecule has 2 rings (SSSR count). The summed E-state index contributed by atoms with van der Waals surface area (Å²) in [6, 6.07) is 9.14. The summed E-state index contributed by atoms with van der Waals surface area (Å²) >= 11 is 0. The smallest absolute Gasteiger partial charge is 0.399 e. The lowest BCUT2D eigenvalue weighted by atomic mass is 10.1. The first-order valence-corrected chi connectivity index (χ1v) is 5.82. The minimum absolute atomic E-state index is 0.0521. The fraction of sp³-hybridized carbons (Fsp3) is 0.143. The Balaban J connectivity index is 2.19. The van der Waals surface area contributed by atoms with E-state index in [2.05, 4.69) is 5.32 Å². The van der Waals surface area contributed by atoms with Gasteiger partial charge in [0.25, 0.3) is 0 Å². The van der Waals surface area contributed by atoms with Gasteiger partial charge in [0.1, 0.15) is 5.82 Å². The largest absolute Gasteiger partial charge is 0.416 e. The highest BCUT2D eigenvalue weighted by molar-refractivity contribution is 5.53. The summed E-state index contributed by atoms with van der Waals surface area (Å²) in [5.41, 5.74) is 5.08. The Morgan fingerprint density at radius 3 is 2.40 bits per heavy atom. The number of halogens is 4. The standard InChI is InChI=1S/C14H12F4N2/c15-12-7-10(19)5-6-13(12)20-8-9-3-1-2-4-11(9)14(16,17)18/h1-7,20H,8,19H2. The molecule has 0 aliphatic rings. The van der Waals surface area contributed by atoms with Crippen molar-refractivity contribution in [3.05, 3.63) is 59.4 Å². The molecule has 2 aromatic carbocycles. The number of nitrogens with two attached hydrogens (primary N) is 1. The van der Waals surface area contributed by atoms with Gasteiger partial charge in [0.05, 0.1) is 11.3 Å². The van der Waals surface area contributed by atoms with Gasteiger partial charge in [-0.2, -0.15) is 13.2 Å². The summed E-state index contributed by atoms with van der Waals surface area (Å²) in [5, 5.41) is 2.64. The van der Waals surface area contributed by atoms with Crippen molar-refractivity contribution in [3.8, 4) is 0 Å². The molecule has 0 saturated carbocycles. The van der Waals surface area contributed by atoms with Gasteiger partial charge in [-0.05, 0) is 29.8 Å². The van der Waals surface area contributed by atoms with Crippen LogP contribution in [0.3, 0.4) is 0 Å². The summed E-state index contributed by atoms with van der Waals surface area (Å²) < 4.78 is 51.9. The molecule has 2 nitrogen and oxygen atoms in total. The molecule has 0 amide bonds. The van der Waals surface area contributed by atoms with E-state index in [-0.39, 0.29) is 23.5 Å². The van der Waals surface area contributed by atoms with E-state index in [9.17, 15) is 17.6 Å². The first kappa shape index (κ1) is 14.2. The lowest BCUT2D eigenvalue weighted by molar-refractivity contribution is -0.138. The Bertz CT molecular complexity index is 608. The second-order valence-electron chi connectivity index (χ2n) is 4.25. The summed E-state index contributed by atoms with van der Waals surface area (Å²) in [6.45, 7) is -0.128. The molecule has 6 heteroatoms. The minimum Gasteiger partial charge on any atom is -0.399 e. The van der Waals surface area contributed by atoms with Crippen molar-refractivity contribution >= 4 is 11.4 Å². The number of benzene rings is 2. The number of nitrogen functional groups attached to an aromatic ring is 1. The lowest BCUT2D eigenvalue weighted by Gasteiger charge is -2.14. The number of alkyl halides is 3. The fourth-order valence-corrected chi connectivity index (χ4v) is 1.82. The number of hydrogen-bond acceptors (Lipinski definition) is 2. The zero-order valence-electron chi connectivity index (χ0n) is 10.3. The molecule has 20 heavy (non-hydrogen) atoms. The van der Waals surface area contributed by atoms with Crippen LogP contribution < -0.4 is 11.1 Å². The van der Waals surface area contributed by atoms with Crippen LogP contribution in [0, 0.1) is 5.82 Å². The summed E-state index contributed by atoms with van der Waals surface area (Å²) in [7, 11) is 0. The number of anilines is 2. The van der Waals surface area contributed by atoms with Gasteiger partial charge < -0.3 is 11.1 Å². The van der Waals surface area contributed by atoms with Gasteiger partial charge >= 0.3 is 6.18 Å². The van der Waals surface area contributed by atoms with Crippen molar-refractivity contribution in [2.75, 3.05) is 11.1 Å². The molecule has 3 N–H and O–H groups in total. The lowest BCUT2D eigenvalue weighted by Crippen LogP contribution is -2.12. The molecule has 0 fully saturated rings. The van der Waals surface area contributed by atoms with Crippen LogP contribution in [0.4, 0.5) is 28.9 Å². The fourth-order valence-electron chi connectivity index (χ4n) is 1.82. The van der Waals surface area contributed by atoms with E-state index >= 15 is 0 Å². The van der Waals surface area contributed by atoms with Crippen molar-refractivity contribution in [2.45, 2.75) is 12.7 Å². The van der Waals surface area contributed by atoms with Crippen molar-refractivity contribution in [3.63, 3.8) is 0 Å². The summed E-state index contributed by atoms with van der Waals surface area (Å²) in [4.78, 5) is 0. The normalized spacial score (nSPS) is 11.4. The van der Waals surface area contributed by atoms with E-state index in [4.69, 9.17) is 5.73 Å². The maximum atomic E-state index is 13.5. The zero-order valence-corrected chi connectivity index (χ0v) is 10.3. The molecule has 0 bridgehead atoms. The van der Waals surface area contributed by atoms with Crippen LogP contribution in [-0.4, -0.2) is 0 Å². The van der Waals surface area contributed by atoms with Crippen molar-refractivity contribution < 1.29 is 17.6 Å². The van der Waals surface area contributed by atoms with Gasteiger partial charge in [-0.3, -0.25) is 0 Å². The molecular weight excluding hydrogens is 272 g/mol. The molecule has 0 saturated heterocycles. The molecule has 0 heterocycles. The Labute approximate surface area is 113 Å². The molecule has 0 aliphatic heterocycles. The Morgan fingerprint density at radius 2 is 1.75 bits per heavy atom. The minimum atomic E-state index is -4.43. The van der Waals surface area contributed by atoms with Crippen LogP contribution in [0.15, 0.2) is 42.5 Å². The Kier molecular flexibility index (Phi) is 3.83. The first-order chi connectivity index (χ1) is 9.38. The molecule has 106 valence electrons. The van der Waals surface area contributed by atoms with E-state index in [1.807, 2.05) is 0 Å². The highest BCUT2D eigenvalue weighted by Crippen LogP contribution is 2.32. The molecule has 0 unspecified atom stereocenters. The predicted molar refractivity (Wildman–Crippen MR) is 69.6 cm³/mol. The van der Waals surface area contributed by atoms with E-state index < -0.39 is 17.6 Å². The Hall–Kier alpha value is -2.24. The van der Waals surface area contributed by atoms with Crippen LogP contribution in [0.5, 0.6) is 0 Å². The molecule has 0 spiro atoms. The van der Waals surface area contributed by atoms with E-state index in [1.165, 1.54) is 30.3 Å². The van der Waals surface area contributed by atoms with Crippen LogP contribution in [-0.2, 0) is 12.7 Å². The van der Waals surface area contributed by atoms with Crippen LogP contribution in [0.1, 0.15) is 11.1 Å². The quantitative estimate of drug-likeness (QED) is 0.659. The third kappa shape index (κ3) is 3.20. The van der Waals surface area contributed by atoms with E-state index in [1.54, 1.807) is 0 Å². The molecule has 0 aliphatic carbocycles. The first-order valence-electron chi connectivity index (χ1n) is 5.82. The molecule has 0 aromatic heterocycles. The summed E-state index contributed by atoms with van der Waals surface area (Å²) in [6.07, 6.45) is -4.43. The third-order valence-electron chi connectivity index (χ3n) is 2.79. The number of rotatable bonds is 3. The zero-order chi connectivity index (χ0) is 14.8. The van der Waals surface area contributed by atoms with Gasteiger partial charge in [-0.15, -0.1) is 0 Å². The highest BCUT2D eigenvalue weighted by atomic mass is 19.4. The van der Waals surface area contributed by atoms with Crippen molar-refractivity contribution in [1.29, 1.82) is 0 Å². The van der Waals surface area contributed by atoms with Crippen LogP contribution in [0.2, 0.25) is 0 Å². The van der Waals surface area contributed by atoms with E-state index in [0.717, 1.165) is 12.1 Å². The summed E-state index contributed by atoms with van der Waals surface area (Å²) in [5.74, 6) is -0.602. The van der Waals surface area contributed by atoms with Gasteiger partial charge in [-0.1, -0.05) is 18.2 Å². The second-order valence-corrected chi connectivity index (χ2v) is 4.25. The van der Waals surface area contributed by atoms with Crippen molar-refractivity contribution in [1.82, 2.24) is 0 Å². The molecule has 2 aromatic rings. The SMILES string of the molecule is Nc1ccc(NCc2ccccc2C(F)(F)F)c(F)c1. The third-order valence-corrected chi connectivity index (χ3v) is 2.79. The number of nitrogens with one attached hydrogen (secondary N) is 1. The van der Waals surface area contributed by atoms with Gasteiger partial charge in [0, 0.05) is 12.2 Å². The number of hydrogen-bond donors (Lipinski definition) is 2. The van der Waals surface area contributed by atoms with Crippen molar-refractivity contribution in [2.24, 2.45) is 0 Å². The van der Waals surface area contributed by atoms with Gasteiger partial charge in [0.2, 0.25) is 0 Å². The van der Waals surface area contributed by atoms with Crippen LogP contribution >= 0.6 is 0 Å². The van der Waals surface area contributed by atoms with E-state index in [0.29, 0.717) is 0 Å². The van der Waals surface area contributed by atoms with Gasteiger partial charge in [-0.25, -0.2) is 4.39 Å². The average Bonchev–Trinajstić information content (AvgIpc) is 2.37. The maximum absolute atomic E-state index is 13.5. The second kappa shape index (κ2) is 5.40. The highest BCUT2D eigenvalue weighted by Gasteiger charge is 2.32. The topological polar surface area (TPSA) is 38.0 Å². The Morgan fingerprint density at radius 1 is 1.05 bits per heavy atom. The van der Waals surface area contributed by atoms with Gasteiger partial charge in [0.15, 0.2) is 0 Å². The predicted octanol–water partition coefficient (Wildman–Crippen LogP) is 4.04. The molecule has 0 radical (unpaired) electrons. The average molecular weight is 284 g/mol. The monoisotopic (exact) mass is 284 g/mol. The molecule has 0 atom stereocenters. The molecular formula is C14H12F4N2. The van der Waals surface area contributed by atoms with Crippen LogP contribution in [0.25, 0.3) is 0 Å².